The zero-order valence-corrected chi connectivity index (χ0v) is 22.3. The Hall–Kier alpha value is -0.630. The fourth-order valence-electron chi connectivity index (χ4n) is 9.61. The molecule has 4 aliphatic rings. The van der Waals surface area contributed by atoms with Gasteiger partial charge in [-0.15, -0.1) is 0 Å². The molecule has 0 bridgehead atoms. The number of allylic oxidation sites excluding steroid dienone is 2. The number of aliphatic hydroxyl groups excluding tert-OH is 1. The van der Waals surface area contributed by atoms with Gasteiger partial charge in [0, 0.05) is 11.8 Å². The van der Waals surface area contributed by atoms with E-state index in [1.807, 2.05) is 0 Å². The Morgan fingerprint density at radius 1 is 0.938 bits per heavy atom. The van der Waals surface area contributed by atoms with E-state index in [2.05, 4.69) is 55.4 Å². The maximum absolute atomic E-state index is 12.9. The third kappa shape index (κ3) is 3.32. The van der Waals surface area contributed by atoms with E-state index >= 15 is 0 Å². The van der Waals surface area contributed by atoms with Gasteiger partial charge in [-0.2, -0.15) is 0 Å². The minimum absolute atomic E-state index is 0.0568. The first-order chi connectivity index (χ1) is 14.8. The van der Waals surface area contributed by atoms with E-state index in [-0.39, 0.29) is 22.0 Å². The maximum atomic E-state index is 12.9. The van der Waals surface area contributed by atoms with E-state index in [0.717, 1.165) is 24.2 Å². The summed E-state index contributed by atoms with van der Waals surface area (Å²) in [6, 6.07) is 0. The average Bonchev–Trinajstić information content (AvgIpc) is 2.97. The van der Waals surface area contributed by atoms with Crippen molar-refractivity contribution in [1.29, 1.82) is 0 Å². The van der Waals surface area contributed by atoms with Gasteiger partial charge < -0.3 is 5.11 Å². The van der Waals surface area contributed by atoms with Crippen LogP contribution in [0.4, 0.5) is 0 Å². The summed E-state index contributed by atoms with van der Waals surface area (Å²) < 4.78 is 0. The van der Waals surface area contributed by atoms with E-state index in [1.54, 1.807) is 11.1 Å². The van der Waals surface area contributed by atoms with Gasteiger partial charge in [-0.05, 0) is 78.4 Å². The molecule has 32 heavy (non-hydrogen) atoms. The van der Waals surface area contributed by atoms with Gasteiger partial charge in [0.2, 0.25) is 0 Å². The molecule has 0 radical (unpaired) electrons. The van der Waals surface area contributed by atoms with Crippen LogP contribution in [0.25, 0.3) is 0 Å². The molecule has 0 saturated heterocycles. The van der Waals surface area contributed by atoms with Crippen molar-refractivity contribution >= 4 is 5.78 Å². The molecule has 4 rings (SSSR count). The van der Waals surface area contributed by atoms with E-state index in [9.17, 15) is 9.90 Å². The van der Waals surface area contributed by atoms with E-state index < -0.39 is 6.10 Å². The molecule has 0 aromatic heterocycles. The molecule has 2 nitrogen and oxygen atoms in total. The van der Waals surface area contributed by atoms with Crippen LogP contribution in [-0.4, -0.2) is 17.0 Å². The second-order valence-corrected chi connectivity index (χ2v) is 14.0. The smallest absolute Gasteiger partial charge is 0.162 e. The van der Waals surface area contributed by atoms with Crippen LogP contribution in [0.1, 0.15) is 120 Å². The molecule has 0 spiro atoms. The summed E-state index contributed by atoms with van der Waals surface area (Å²) >= 11 is 0. The van der Waals surface area contributed by atoms with Crippen molar-refractivity contribution in [2.45, 2.75) is 126 Å². The normalized spacial score (nSPS) is 44.3. The number of rotatable bonds is 5. The molecule has 2 heteroatoms. The maximum Gasteiger partial charge on any atom is 0.162 e. The van der Waals surface area contributed by atoms with Gasteiger partial charge in [0.15, 0.2) is 5.78 Å². The number of fused-ring (bicyclic) bond motifs is 4. The number of hydrogen-bond donors (Lipinski definition) is 1. The molecule has 7 atom stereocenters. The molecule has 2 unspecified atom stereocenters. The Morgan fingerprint density at radius 3 is 2.28 bits per heavy atom. The standard InChI is InChI=1S/C30H50O2/c1-19(2)10-9-11-20(3)21-14-16-30(8)23-12-13-25-27(4,5)26(32)24(31)18-28(25,6)22(23)15-17-29(21,30)7/h19-21,25-26,32H,9-18H2,1-8H3/t20-,21-,25?,26?,28-,29-,30+/m1/s1. The summed E-state index contributed by atoms with van der Waals surface area (Å²) in [5.74, 6) is 2.92. The Kier molecular flexibility index (Phi) is 6.09. The molecular formula is C30H50O2. The minimum atomic E-state index is -0.797. The van der Waals surface area contributed by atoms with Gasteiger partial charge in [0.25, 0.3) is 0 Å². The van der Waals surface area contributed by atoms with Gasteiger partial charge >= 0.3 is 0 Å². The molecule has 0 aromatic carbocycles. The predicted octanol–water partition coefficient (Wildman–Crippen LogP) is 7.74. The fourth-order valence-corrected chi connectivity index (χ4v) is 9.61. The van der Waals surface area contributed by atoms with Crippen LogP contribution in [0, 0.1) is 45.3 Å². The number of hydrogen-bond acceptors (Lipinski definition) is 2. The molecule has 2 fully saturated rings. The van der Waals surface area contributed by atoms with Gasteiger partial charge in [-0.1, -0.05) is 85.8 Å². The number of carbonyl (C=O) groups is 1. The van der Waals surface area contributed by atoms with Crippen molar-refractivity contribution in [3.8, 4) is 0 Å². The first-order valence-electron chi connectivity index (χ1n) is 13.7. The van der Waals surface area contributed by atoms with Gasteiger partial charge in [0.05, 0.1) is 0 Å². The van der Waals surface area contributed by atoms with Gasteiger partial charge in [-0.3, -0.25) is 4.79 Å². The lowest BCUT2D eigenvalue weighted by Crippen LogP contribution is -2.58. The van der Waals surface area contributed by atoms with Crippen molar-refractivity contribution in [3.05, 3.63) is 11.1 Å². The Morgan fingerprint density at radius 2 is 1.62 bits per heavy atom. The highest BCUT2D eigenvalue weighted by Gasteiger charge is 2.64. The second-order valence-electron chi connectivity index (χ2n) is 14.0. The lowest BCUT2D eigenvalue weighted by Gasteiger charge is -2.61. The predicted molar refractivity (Wildman–Crippen MR) is 133 cm³/mol. The lowest BCUT2D eigenvalue weighted by atomic mass is 9.43. The van der Waals surface area contributed by atoms with Crippen LogP contribution in [0.2, 0.25) is 0 Å². The van der Waals surface area contributed by atoms with Crippen molar-refractivity contribution in [2.75, 3.05) is 0 Å². The van der Waals surface area contributed by atoms with E-state index in [1.165, 1.54) is 51.4 Å². The van der Waals surface area contributed by atoms with Crippen molar-refractivity contribution in [3.63, 3.8) is 0 Å². The highest BCUT2D eigenvalue weighted by Crippen LogP contribution is 2.72. The number of aliphatic hydroxyl groups is 1. The number of Topliss-reactive ketones (excluding diaryl/α,β-unsaturated/α-hetero) is 1. The van der Waals surface area contributed by atoms with Crippen molar-refractivity contribution < 1.29 is 9.90 Å². The molecule has 4 aliphatic carbocycles. The molecular weight excluding hydrogens is 392 g/mol. The number of carbonyl (C=O) groups excluding carboxylic acids is 1. The van der Waals surface area contributed by atoms with E-state index in [4.69, 9.17) is 0 Å². The third-order valence-corrected chi connectivity index (χ3v) is 11.7. The first kappa shape index (κ1) is 24.5. The van der Waals surface area contributed by atoms with Crippen LogP contribution in [0.3, 0.4) is 0 Å². The summed E-state index contributed by atoms with van der Waals surface area (Å²) in [5, 5.41) is 10.7. The molecule has 0 amide bonds. The monoisotopic (exact) mass is 442 g/mol. The van der Waals surface area contributed by atoms with Gasteiger partial charge in [0.1, 0.15) is 6.10 Å². The SMILES string of the molecule is CC(C)CCC[C@@H](C)[C@H]1CC[C@@]2(C)C3=C(CC[C@]12C)[C@@]1(C)CC(=O)C(O)C(C)(C)C1CC3. The lowest BCUT2D eigenvalue weighted by molar-refractivity contribution is -0.153. The highest BCUT2D eigenvalue weighted by atomic mass is 16.3. The van der Waals surface area contributed by atoms with Crippen LogP contribution >= 0.6 is 0 Å². The summed E-state index contributed by atoms with van der Waals surface area (Å²) in [4.78, 5) is 12.9. The average molecular weight is 443 g/mol. The largest absolute Gasteiger partial charge is 0.385 e. The minimum Gasteiger partial charge on any atom is -0.385 e. The molecule has 2 saturated carbocycles. The quantitative estimate of drug-likeness (QED) is 0.442. The van der Waals surface area contributed by atoms with Crippen LogP contribution < -0.4 is 0 Å². The second kappa shape index (κ2) is 7.96. The molecule has 1 N–H and O–H groups in total. The molecule has 0 aromatic rings. The van der Waals surface area contributed by atoms with Gasteiger partial charge in [-0.25, -0.2) is 0 Å². The summed E-state index contributed by atoms with van der Waals surface area (Å²) in [5.41, 5.74) is 3.66. The number of ketones is 1. The van der Waals surface area contributed by atoms with Crippen molar-refractivity contribution in [2.24, 2.45) is 45.3 Å². The van der Waals surface area contributed by atoms with E-state index in [0.29, 0.717) is 17.8 Å². The van der Waals surface area contributed by atoms with Crippen LogP contribution in [-0.2, 0) is 4.79 Å². The summed E-state index contributed by atoms with van der Waals surface area (Å²) in [7, 11) is 0. The zero-order chi connectivity index (χ0) is 23.7. The van der Waals surface area contributed by atoms with Crippen molar-refractivity contribution in [1.82, 2.24) is 0 Å². The third-order valence-electron chi connectivity index (χ3n) is 11.7. The Bertz CT molecular complexity index is 791. The summed E-state index contributed by atoms with van der Waals surface area (Å²) in [6.07, 6.45) is 11.3. The van der Waals surface area contributed by atoms with Crippen LogP contribution in [0.5, 0.6) is 0 Å². The molecule has 182 valence electrons. The molecule has 0 heterocycles. The summed E-state index contributed by atoms with van der Waals surface area (Å²) in [6.45, 7) is 19.1. The Balaban J connectivity index is 1.65. The molecule has 0 aliphatic heterocycles. The highest BCUT2D eigenvalue weighted by molar-refractivity contribution is 5.86. The first-order valence-corrected chi connectivity index (χ1v) is 13.7. The fraction of sp³-hybridized carbons (Fsp3) is 0.900. The zero-order valence-electron chi connectivity index (χ0n) is 22.3. The Labute approximate surface area is 198 Å². The van der Waals surface area contributed by atoms with Crippen LogP contribution in [0.15, 0.2) is 11.1 Å². The topological polar surface area (TPSA) is 37.3 Å².